The minimum absolute atomic E-state index is 0.00671. The van der Waals surface area contributed by atoms with Crippen molar-refractivity contribution in [2.75, 3.05) is 0 Å². The van der Waals surface area contributed by atoms with Crippen LogP contribution in [0.15, 0.2) is 42.5 Å². The second-order valence-electron chi connectivity index (χ2n) is 4.14. The number of hydrogen-bond acceptors (Lipinski definition) is 3. The van der Waals surface area contributed by atoms with Crippen LogP contribution in [0, 0.1) is 17.0 Å². The monoisotopic (exact) mass is 277 g/mol. The van der Waals surface area contributed by atoms with Gasteiger partial charge < -0.3 is 4.74 Å². The first-order chi connectivity index (χ1) is 9.06. The van der Waals surface area contributed by atoms with Gasteiger partial charge in [-0.25, -0.2) is 0 Å². The SMILES string of the molecule is Cc1cccc(OCc2cc([N+](=O)[O-])ccc2Cl)c1. The highest BCUT2D eigenvalue weighted by molar-refractivity contribution is 6.31. The standard InChI is InChI=1S/C14H12ClNO3/c1-10-3-2-4-13(7-10)19-9-11-8-12(16(17)18)5-6-14(11)15/h2-8H,9H2,1H3. The fourth-order valence-corrected chi connectivity index (χ4v) is 1.82. The maximum Gasteiger partial charge on any atom is 0.269 e. The van der Waals surface area contributed by atoms with Crippen molar-refractivity contribution in [1.29, 1.82) is 0 Å². The van der Waals surface area contributed by atoms with Crippen molar-refractivity contribution in [3.8, 4) is 5.75 Å². The summed E-state index contributed by atoms with van der Waals surface area (Å²) in [6, 6.07) is 11.9. The Morgan fingerprint density at radius 1 is 1.26 bits per heavy atom. The van der Waals surface area contributed by atoms with Crippen molar-refractivity contribution in [1.82, 2.24) is 0 Å². The summed E-state index contributed by atoms with van der Waals surface area (Å²) >= 11 is 6.00. The fourth-order valence-electron chi connectivity index (χ4n) is 1.65. The van der Waals surface area contributed by atoms with Crippen LogP contribution >= 0.6 is 11.6 Å². The van der Waals surface area contributed by atoms with Gasteiger partial charge in [-0.2, -0.15) is 0 Å². The van der Waals surface area contributed by atoms with Crippen LogP contribution in [-0.2, 0) is 6.61 Å². The number of nitro groups is 1. The van der Waals surface area contributed by atoms with Crippen molar-refractivity contribution in [3.05, 3.63) is 68.7 Å². The van der Waals surface area contributed by atoms with Gasteiger partial charge in [0.1, 0.15) is 12.4 Å². The molecule has 0 spiro atoms. The van der Waals surface area contributed by atoms with Crippen molar-refractivity contribution in [2.24, 2.45) is 0 Å². The van der Waals surface area contributed by atoms with E-state index in [9.17, 15) is 10.1 Å². The van der Waals surface area contributed by atoms with E-state index in [-0.39, 0.29) is 12.3 Å². The van der Waals surface area contributed by atoms with E-state index in [4.69, 9.17) is 16.3 Å². The fraction of sp³-hybridized carbons (Fsp3) is 0.143. The maximum absolute atomic E-state index is 10.7. The average Bonchev–Trinajstić information content (AvgIpc) is 2.37. The number of benzene rings is 2. The lowest BCUT2D eigenvalue weighted by Crippen LogP contribution is -1.98. The van der Waals surface area contributed by atoms with Crippen LogP contribution in [0.5, 0.6) is 5.75 Å². The Bertz CT molecular complexity index is 613. The molecule has 0 aliphatic rings. The van der Waals surface area contributed by atoms with Gasteiger partial charge in [0.2, 0.25) is 0 Å². The molecule has 2 aromatic rings. The summed E-state index contributed by atoms with van der Waals surface area (Å²) in [6.45, 7) is 2.16. The van der Waals surface area contributed by atoms with Crippen LogP contribution in [0.1, 0.15) is 11.1 Å². The molecule has 2 rings (SSSR count). The molecule has 0 N–H and O–H groups in total. The summed E-state index contributed by atoms with van der Waals surface area (Å²) < 4.78 is 5.58. The van der Waals surface area contributed by atoms with Gasteiger partial charge in [-0.3, -0.25) is 10.1 Å². The van der Waals surface area contributed by atoms with Gasteiger partial charge in [-0.15, -0.1) is 0 Å². The van der Waals surface area contributed by atoms with E-state index in [1.54, 1.807) is 0 Å². The third-order valence-electron chi connectivity index (χ3n) is 2.62. The highest BCUT2D eigenvalue weighted by Gasteiger charge is 2.10. The molecule has 0 amide bonds. The van der Waals surface area contributed by atoms with Crippen LogP contribution < -0.4 is 4.74 Å². The van der Waals surface area contributed by atoms with Gasteiger partial charge in [-0.1, -0.05) is 23.7 Å². The molecule has 0 aliphatic carbocycles. The lowest BCUT2D eigenvalue weighted by Gasteiger charge is -2.08. The van der Waals surface area contributed by atoms with Crippen LogP contribution in [0.4, 0.5) is 5.69 Å². The number of rotatable bonds is 4. The Kier molecular flexibility index (Phi) is 4.02. The van der Waals surface area contributed by atoms with E-state index in [0.29, 0.717) is 16.3 Å². The van der Waals surface area contributed by atoms with Crippen LogP contribution in [0.3, 0.4) is 0 Å². The molecule has 0 aliphatic heterocycles. The summed E-state index contributed by atoms with van der Waals surface area (Å²) in [4.78, 5) is 10.3. The molecule has 98 valence electrons. The predicted octanol–water partition coefficient (Wildman–Crippen LogP) is 4.14. The molecule has 0 radical (unpaired) electrons. The molecule has 0 saturated heterocycles. The number of hydrogen-bond donors (Lipinski definition) is 0. The number of nitrogens with zero attached hydrogens (tertiary/aromatic N) is 1. The highest BCUT2D eigenvalue weighted by atomic mass is 35.5. The van der Waals surface area contributed by atoms with Crippen molar-refractivity contribution in [3.63, 3.8) is 0 Å². The molecule has 4 nitrogen and oxygen atoms in total. The second kappa shape index (κ2) is 5.71. The van der Waals surface area contributed by atoms with Gasteiger partial charge in [0.05, 0.1) is 4.92 Å². The minimum atomic E-state index is -0.452. The Labute approximate surface area is 115 Å². The third-order valence-corrected chi connectivity index (χ3v) is 2.99. The largest absolute Gasteiger partial charge is 0.489 e. The van der Waals surface area contributed by atoms with Crippen molar-refractivity contribution >= 4 is 17.3 Å². The minimum Gasteiger partial charge on any atom is -0.489 e. The van der Waals surface area contributed by atoms with Crippen LogP contribution in [0.25, 0.3) is 0 Å². The number of non-ortho nitro benzene ring substituents is 1. The van der Waals surface area contributed by atoms with Gasteiger partial charge >= 0.3 is 0 Å². The molecule has 0 unspecified atom stereocenters. The Balaban J connectivity index is 2.15. The zero-order valence-corrected chi connectivity index (χ0v) is 11.1. The van der Waals surface area contributed by atoms with Gasteiger partial charge in [0, 0.05) is 22.7 Å². The molecule has 0 aromatic heterocycles. The Morgan fingerprint density at radius 3 is 2.74 bits per heavy atom. The maximum atomic E-state index is 10.7. The second-order valence-corrected chi connectivity index (χ2v) is 4.55. The lowest BCUT2D eigenvalue weighted by molar-refractivity contribution is -0.384. The Hall–Kier alpha value is -2.07. The summed E-state index contributed by atoms with van der Waals surface area (Å²) in [7, 11) is 0. The topological polar surface area (TPSA) is 52.4 Å². The quantitative estimate of drug-likeness (QED) is 0.623. The number of halogens is 1. The van der Waals surface area contributed by atoms with E-state index in [2.05, 4.69) is 0 Å². The third kappa shape index (κ3) is 3.45. The van der Waals surface area contributed by atoms with Crippen LogP contribution in [-0.4, -0.2) is 4.92 Å². The summed E-state index contributed by atoms with van der Waals surface area (Å²) in [5.41, 5.74) is 1.69. The first-order valence-corrected chi connectivity index (χ1v) is 6.06. The summed E-state index contributed by atoms with van der Waals surface area (Å²) in [5.74, 6) is 0.711. The number of nitro benzene ring substituents is 1. The zero-order chi connectivity index (χ0) is 13.8. The van der Waals surface area contributed by atoms with E-state index in [1.807, 2.05) is 31.2 Å². The van der Waals surface area contributed by atoms with E-state index in [1.165, 1.54) is 18.2 Å². The first kappa shape index (κ1) is 13.4. The molecule has 0 fully saturated rings. The molecule has 0 saturated carbocycles. The smallest absolute Gasteiger partial charge is 0.269 e. The van der Waals surface area contributed by atoms with E-state index >= 15 is 0 Å². The van der Waals surface area contributed by atoms with Gasteiger partial charge in [0.25, 0.3) is 5.69 Å². The molecular formula is C14H12ClNO3. The molecule has 0 atom stereocenters. The predicted molar refractivity (Wildman–Crippen MR) is 73.6 cm³/mol. The first-order valence-electron chi connectivity index (χ1n) is 5.68. The van der Waals surface area contributed by atoms with Crippen molar-refractivity contribution < 1.29 is 9.66 Å². The van der Waals surface area contributed by atoms with Crippen LogP contribution in [0.2, 0.25) is 5.02 Å². The number of ether oxygens (including phenoxy) is 1. The molecule has 0 bridgehead atoms. The zero-order valence-electron chi connectivity index (χ0n) is 10.3. The number of aryl methyl sites for hydroxylation is 1. The normalized spacial score (nSPS) is 10.2. The molecule has 19 heavy (non-hydrogen) atoms. The van der Waals surface area contributed by atoms with E-state index < -0.39 is 4.92 Å². The van der Waals surface area contributed by atoms with Gasteiger partial charge in [-0.05, 0) is 30.7 Å². The van der Waals surface area contributed by atoms with Gasteiger partial charge in [0.15, 0.2) is 0 Å². The molecule has 2 aromatic carbocycles. The molecule has 0 heterocycles. The van der Waals surface area contributed by atoms with E-state index in [0.717, 1.165) is 5.56 Å². The lowest BCUT2D eigenvalue weighted by atomic mass is 10.2. The summed E-state index contributed by atoms with van der Waals surface area (Å²) in [5, 5.41) is 11.2. The highest BCUT2D eigenvalue weighted by Crippen LogP contribution is 2.23. The average molecular weight is 278 g/mol. The Morgan fingerprint density at radius 2 is 2.05 bits per heavy atom. The molecular weight excluding hydrogens is 266 g/mol. The molecule has 5 heteroatoms. The van der Waals surface area contributed by atoms with Crippen molar-refractivity contribution in [2.45, 2.75) is 13.5 Å². The summed E-state index contributed by atoms with van der Waals surface area (Å²) in [6.07, 6.45) is 0.